The molecule has 1 nitrogen and oxygen atoms in total. The summed E-state index contributed by atoms with van der Waals surface area (Å²) in [6.45, 7) is 4.14. The van der Waals surface area contributed by atoms with E-state index < -0.39 is 0 Å². The summed E-state index contributed by atoms with van der Waals surface area (Å²) in [5, 5.41) is 0. The molecule has 1 heteroatoms. The van der Waals surface area contributed by atoms with E-state index in [-0.39, 0.29) is 5.41 Å². The molecule has 132 valence electrons. The fourth-order valence-corrected chi connectivity index (χ4v) is 4.12. The summed E-state index contributed by atoms with van der Waals surface area (Å²) in [5.74, 6) is 0. The maximum Gasteiger partial charge on any atom is 0.0702 e. The maximum atomic E-state index is 4.63. The van der Waals surface area contributed by atoms with Crippen molar-refractivity contribution in [3.8, 4) is 0 Å². The highest BCUT2D eigenvalue weighted by molar-refractivity contribution is 5.59. The lowest BCUT2D eigenvalue weighted by Crippen LogP contribution is -2.31. The van der Waals surface area contributed by atoms with Crippen molar-refractivity contribution in [3.63, 3.8) is 0 Å². The van der Waals surface area contributed by atoms with E-state index in [1.54, 1.807) is 0 Å². The van der Waals surface area contributed by atoms with Crippen LogP contribution in [0.1, 0.15) is 33.6 Å². The van der Waals surface area contributed by atoms with Gasteiger partial charge in [0.2, 0.25) is 0 Å². The van der Waals surface area contributed by atoms with E-state index in [9.17, 15) is 0 Å². The molecule has 0 bridgehead atoms. The summed E-state index contributed by atoms with van der Waals surface area (Å²) < 4.78 is 0. The molecule has 0 spiro atoms. The molecule has 27 heavy (non-hydrogen) atoms. The second-order valence-electron chi connectivity index (χ2n) is 6.99. The van der Waals surface area contributed by atoms with E-state index in [1.165, 1.54) is 22.3 Å². The lowest BCUT2D eigenvalue weighted by atomic mass is 9.65. The Morgan fingerprint density at radius 2 is 0.815 bits per heavy atom. The highest BCUT2D eigenvalue weighted by atomic mass is 14.7. The van der Waals surface area contributed by atoms with Crippen molar-refractivity contribution in [1.82, 2.24) is 4.98 Å². The van der Waals surface area contributed by atoms with Gasteiger partial charge in [-0.1, -0.05) is 91.0 Å². The molecule has 3 aromatic carbocycles. The first-order valence-corrected chi connectivity index (χ1v) is 9.33. The van der Waals surface area contributed by atoms with E-state index in [0.29, 0.717) is 0 Å². The van der Waals surface area contributed by atoms with Crippen LogP contribution in [-0.4, -0.2) is 4.98 Å². The van der Waals surface area contributed by atoms with Crippen molar-refractivity contribution in [2.24, 2.45) is 0 Å². The van der Waals surface area contributed by atoms with Gasteiger partial charge in [-0.25, -0.2) is 0 Å². The smallest absolute Gasteiger partial charge is 0.0702 e. The van der Waals surface area contributed by atoms with Crippen molar-refractivity contribution in [1.29, 1.82) is 0 Å². The summed E-state index contributed by atoms with van der Waals surface area (Å²) in [4.78, 5) is 4.63. The van der Waals surface area contributed by atoms with Gasteiger partial charge < -0.3 is 0 Å². The van der Waals surface area contributed by atoms with Gasteiger partial charge in [0.1, 0.15) is 0 Å². The standard InChI is InChI=1S/C26H23N/c1-20-18-25(19-21(2)27-20)26(22-12-6-3-7-13-22,23-14-8-4-9-15-23)24-16-10-5-11-17-24/h3-19H,1-2H3. The quantitative estimate of drug-likeness (QED) is 0.407. The molecule has 0 atom stereocenters. The van der Waals surface area contributed by atoms with E-state index in [0.717, 1.165) is 11.4 Å². The summed E-state index contributed by atoms with van der Waals surface area (Å²) in [6, 6.07) is 36.8. The van der Waals surface area contributed by atoms with E-state index in [1.807, 2.05) is 0 Å². The topological polar surface area (TPSA) is 12.9 Å². The molecular weight excluding hydrogens is 326 g/mol. The molecule has 0 aliphatic rings. The zero-order valence-electron chi connectivity index (χ0n) is 15.8. The number of nitrogens with zero attached hydrogens (tertiary/aromatic N) is 1. The Morgan fingerprint density at radius 3 is 1.15 bits per heavy atom. The highest BCUT2D eigenvalue weighted by Crippen LogP contribution is 2.45. The predicted octanol–water partition coefficient (Wildman–Crippen LogP) is 6.08. The summed E-state index contributed by atoms with van der Waals surface area (Å²) in [6.07, 6.45) is 0. The van der Waals surface area contributed by atoms with Crippen LogP contribution in [0.3, 0.4) is 0 Å². The van der Waals surface area contributed by atoms with Crippen molar-refractivity contribution in [2.45, 2.75) is 19.3 Å². The van der Waals surface area contributed by atoms with E-state index in [4.69, 9.17) is 0 Å². The van der Waals surface area contributed by atoms with Crippen molar-refractivity contribution in [3.05, 3.63) is 137 Å². The number of hydrogen-bond acceptors (Lipinski definition) is 1. The molecule has 0 aliphatic carbocycles. The van der Waals surface area contributed by atoms with Crippen LogP contribution in [0.5, 0.6) is 0 Å². The molecule has 1 aromatic heterocycles. The molecule has 0 N–H and O–H groups in total. The van der Waals surface area contributed by atoms with Crippen LogP contribution in [-0.2, 0) is 5.41 Å². The Morgan fingerprint density at radius 1 is 0.481 bits per heavy atom. The Kier molecular flexibility index (Phi) is 4.60. The summed E-state index contributed by atoms with van der Waals surface area (Å²) >= 11 is 0. The number of hydrogen-bond donors (Lipinski definition) is 0. The van der Waals surface area contributed by atoms with Crippen LogP contribution >= 0.6 is 0 Å². The second kappa shape index (κ2) is 7.20. The fraction of sp³-hybridized carbons (Fsp3) is 0.115. The highest BCUT2D eigenvalue weighted by Gasteiger charge is 2.38. The first-order valence-electron chi connectivity index (χ1n) is 9.33. The number of aromatic nitrogens is 1. The molecule has 1 heterocycles. The Bertz CT molecular complexity index is 905. The zero-order chi connectivity index (χ0) is 18.7. The average molecular weight is 349 g/mol. The largest absolute Gasteiger partial charge is 0.258 e. The molecule has 0 radical (unpaired) electrons. The third-order valence-corrected chi connectivity index (χ3v) is 5.13. The normalized spacial score (nSPS) is 11.3. The average Bonchev–Trinajstić information content (AvgIpc) is 2.70. The summed E-state index contributed by atoms with van der Waals surface area (Å²) in [7, 11) is 0. The first kappa shape index (κ1) is 17.2. The zero-order valence-corrected chi connectivity index (χ0v) is 15.8. The molecule has 0 saturated carbocycles. The Balaban J connectivity index is 2.16. The lowest BCUT2D eigenvalue weighted by Gasteiger charge is -2.37. The molecule has 4 rings (SSSR count). The SMILES string of the molecule is Cc1cc(C(c2ccccc2)(c2ccccc2)c2ccccc2)cc(C)n1. The minimum Gasteiger partial charge on any atom is -0.258 e. The second-order valence-corrected chi connectivity index (χ2v) is 6.99. The van der Waals surface area contributed by atoms with Gasteiger partial charge in [0.25, 0.3) is 0 Å². The van der Waals surface area contributed by atoms with Crippen molar-refractivity contribution in [2.75, 3.05) is 0 Å². The van der Waals surface area contributed by atoms with E-state index in [2.05, 4.69) is 122 Å². The van der Waals surface area contributed by atoms with Crippen LogP contribution in [0.2, 0.25) is 0 Å². The van der Waals surface area contributed by atoms with Crippen LogP contribution in [0.15, 0.2) is 103 Å². The third-order valence-electron chi connectivity index (χ3n) is 5.13. The number of rotatable bonds is 4. The molecular formula is C26H23N. The van der Waals surface area contributed by atoms with Gasteiger partial charge in [0.05, 0.1) is 5.41 Å². The van der Waals surface area contributed by atoms with Crippen LogP contribution in [0.25, 0.3) is 0 Å². The minimum atomic E-state index is -0.387. The minimum absolute atomic E-state index is 0.387. The van der Waals surface area contributed by atoms with Gasteiger partial charge in [-0.15, -0.1) is 0 Å². The predicted molar refractivity (Wildman–Crippen MR) is 112 cm³/mol. The van der Waals surface area contributed by atoms with Crippen LogP contribution in [0.4, 0.5) is 0 Å². The van der Waals surface area contributed by atoms with Gasteiger partial charge >= 0.3 is 0 Å². The molecule has 4 aromatic rings. The van der Waals surface area contributed by atoms with E-state index >= 15 is 0 Å². The van der Waals surface area contributed by atoms with Crippen LogP contribution < -0.4 is 0 Å². The molecule has 0 aliphatic heterocycles. The van der Waals surface area contributed by atoms with Gasteiger partial charge in [-0.05, 0) is 48.2 Å². The molecule has 0 unspecified atom stereocenters. The monoisotopic (exact) mass is 349 g/mol. The van der Waals surface area contributed by atoms with Crippen molar-refractivity contribution < 1.29 is 0 Å². The molecule has 0 amide bonds. The fourth-order valence-electron chi connectivity index (χ4n) is 4.12. The Labute approximate surface area is 161 Å². The summed E-state index contributed by atoms with van der Waals surface area (Å²) in [5.41, 5.74) is 6.71. The Hall–Kier alpha value is -3.19. The van der Waals surface area contributed by atoms with Crippen LogP contribution in [0, 0.1) is 13.8 Å². The van der Waals surface area contributed by atoms with Gasteiger partial charge in [-0.2, -0.15) is 0 Å². The molecule has 0 fully saturated rings. The first-order chi connectivity index (χ1) is 13.2. The molecule has 0 saturated heterocycles. The van der Waals surface area contributed by atoms with Gasteiger partial charge in [0.15, 0.2) is 0 Å². The van der Waals surface area contributed by atoms with Crippen molar-refractivity contribution >= 4 is 0 Å². The third kappa shape index (κ3) is 3.06. The lowest BCUT2D eigenvalue weighted by molar-refractivity contribution is 0.739. The van der Waals surface area contributed by atoms with Gasteiger partial charge in [-0.3, -0.25) is 4.98 Å². The number of pyridine rings is 1. The van der Waals surface area contributed by atoms with Gasteiger partial charge in [0, 0.05) is 11.4 Å². The number of benzene rings is 3. The number of aryl methyl sites for hydroxylation is 2. The maximum absolute atomic E-state index is 4.63.